The Morgan fingerprint density at radius 3 is 1.94 bits per heavy atom. The van der Waals surface area contributed by atoms with E-state index in [4.69, 9.17) is 0 Å². The first-order valence-electron chi connectivity index (χ1n) is 4.73. The van der Waals surface area contributed by atoms with E-state index in [2.05, 4.69) is 0 Å². The Morgan fingerprint density at radius 1 is 1.06 bits per heavy atom. The van der Waals surface area contributed by atoms with Crippen LogP contribution in [0.15, 0.2) is 29.2 Å². The fraction of sp³-hybridized carbons (Fsp3) is 0.0909. The summed E-state index contributed by atoms with van der Waals surface area (Å²) < 4.78 is 33.1. The molecule has 0 saturated heterocycles. The smallest absolute Gasteiger partial charge is 0.744 e. The molecule has 0 atom stereocenters. The SMILES string of the molecule is Cc1c(S(=O)(=O)[O-])c(O)c2ccccc2c1O.[Na+]. The molecule has 0 radical (unpaired) electrons. The molecule has 5 nitrogen and oxygen atoms in total. The molecule has 2 aromatic rings. The minimum Gasteiger partial charge on any atom is -0.744 e. The first kappa shape index (κ1) is 15.3. The zero-order valence-corrected chi connectivity index (χ0v) is 12.7. The number of phenolic OH excluding ortho intramolecular Hbond substituents is 2. The number of rotatable bonds is 1. The van der Waals surface area contributed by atoms with Crippen LogP contribution in [0.3, 0.4) is 0 Å². The molecule has 0 saturated carbocycles. The van der Waals surface area contributed by atoms with Gasteiger partial charge in [-0.1, -0.05) is 24.3 Å². The van der Waals surface area contributed by atoms with E-state index < -0.39 is 20.8 Å². The summed E-state index contributed by atoms with van der Waals surface area (Å²) >= 11 is 0. The molecule has 0 fully saturated rings. The average Bonchev–Trinajstić information content (AvgIpc) is 2.24. The molecule has 2 aromatic carbocycles. The predicted octanol–water partition coefficient (Wildman–Crippen LogP) is -1.53. The second-order valence-electron chi connectivity index (χ2n) is 3.65. The molecule has 0 spiro atoms. The largest absolute Gasteiger partial charge is 1.00 e. The normalized spacial score (nSPS) is 11.2. The van der Waals surface area contributed by atoms with Gasteiger partial charge in [0.1, 0.15) is 26.5 Å². The molecular weight excluding hydrogens is 267 g/mol. The van der Waals surface area contributed by atoms with E-state index in [1.807, 2.05) is 0 Å². The Kier molecular flexibility index (Phi) is 4.30. The van der Waals surface area contributed by atoms with Crippen LogP contribution in [0.5, 0.6) is 11.5 Å². The van der Waals surface area contributed by atoms with Crippen molar-refractivity contribution in [2.75, 3.05) is 0 Å². The maximum atomic E-state index is 11.0. The van der Waals surface area contributed by atoms with Crippen molar-refractivity contribution >= 4 is 20.9 Å². The zero-order valence-electron chi connectivity index (χ0n) is 9.84. The molecule has 0 aliphatic heterocycles. The number of aromatic hydroxyl groups is 2. The van der Waals surface area contributed by atoms with E-state index in [-0.39, 0.29) is 46.3 Å². The standard InChI is InChI=1S/C11H10O5S.Na/c1-6-9(12)7-4-2-3-5-8(7)10(13)11(6)17(14,15)16;/h2-5,12-13H,1H3,(H,14,15,16);/q;+1/p-1. The van der Waals surface area contributed by atoms with Crippen molar-refractivity contribution in [3.05, 3.63) is 29.8 Å². The third-order valence-electron chi connectivity index (χ3n) is 2.60. The van der Waals surface area contributed by atoms with Crippen molar-refractivity contribution in [2.45, 2.75) is 11.8 Å². The molecule has 0 amide bonds. The van der Waals surface area contributed by atoms with E-state index in [9.17, 15) is 23.2 Å². The van der Waals surface area contributed by atoms with E-state index in [1.54, 1.807) is 12.1 Å². The van der Waals surface area contributed by atoms with Crippen LogP contribution in [-0.2, 0) is 10.1 Å². The molecule has 0 aliphatic rings. The van der Waals surface area contributed by atoms with Crippen LogP contribution in [-0.4, -0.2) is 23.2 Å². The quantitative estimate of drug-likeness (QED) is 0.374. The summed E-state index contributed by atoms with van der Waals surface area (Å²) in [6.07, 6.45) is 0. The number of hydrogen-bond donors (Lipinski definition) is 2. The van der Waals surface area contributed by atoms with Crippen LogP contribution >= 0.6 is 0 Å². The number of fused-ring (bicyclic) bond motifs is 1. The van der Waals surface area contributed by atoms with Crippen LogP contribution in [0.25, 0.3) is 10.8 Å². The molecule has 90 valence electrons. The maximum Gasteiger partial charge on any atom is 1.00 e. The van der Waals surface area contributed by atoms with Gasteiger partial charge in [0.05, 0.1) is 0 Å². The summed E-state index contributed by atoms with van der Waals surface area (Å²) in [4.78, 5) is -0.770. The first-order chi connectivity index (χ1) is 7.84. The van der Waals surface area contributed by atoms with Gasteiger partial charge in [0.2, 0.25) is 0 Å². The van der Waals surface area contributed by atoms with Gasteiger partial charge in [0.15, 0.2) is 0 Å². The Balaban J connectivity index is 0.00000162. The molecule has 0 bridgehead atoms. The zero-order chi connectivity index (χ0) is 12.8. The van der Waals surface area contributed by atoms with E-state index in [0.717, 1.165) is 0 Å². The van der Waals surface area contributed by atoms with Gasteiger partial charge in [0, 0.05) is 16.3 Å². The molecule has 0 aromatic heterocycles. The van der Waals surface area contributed by atoms with Gasteiger partial charge >= 0.3 is 29.6 Å². The topological polar surface area (TPSA) is 97.7 Å². The summed E-state index contributed by atoms with van der Waals surface area (Å²) in [6, 6.07) is 6.15. The fourth-order valence-electron chi connectivity index (χ4n) is 1.81. The van der Waals surface area contributed by atoms with Gasteiger partial charge in [-0.3, -0.25) is 0 Å². The van der Waals surface area contributed by atoms with Crippen LogP contribution in [0, 0.1) is 6.92 Å². The van der Waals surface area contributed by atoms with Crippen molar-refractivity contribution in [3.8, 4) is 11.5 Å². The van der Waals surface area contributed by atoms with Crippen LogP contribution in [0.1, 0.15) is 5.56 Å². The summed E-state index contributed by atoms with van der Waals surface area (Å²) in [5.74, 6) is -0.932. The van der Waals surface area contributed by atoms with Crippen molar-refractivity contribution < 1.29 is 52.7 Å². The Morgan fingerprint density at radius 2 is 1.50 bits per heavy atom. The molecule has 7 heteroatoms. The van der Waals surface area contributed by atoms with Gasteiger partial charge in [-0.25, -0.2) is 8.42 Å². The number of phenols is 2. The van der Waals surface area contributed by atoms with Crippen LogP contribution in [0.2, 0.25) is 0 Å². The summed E-state index contributed by atoms with van der Waals surface area (Å²) in [7, 11) is -4.84. The monoisotopic (exact) mass is 276 g/mol. The third-order valence-corrected chi connectivity index (χ3v) is 3.60. The van der Waals surface area contributed by atoms with Crippen molar-refractivity contribution in [1.82, 2.24) is 0 Å². The van der Waals surface area contributed by atoms with Crippen LogP contribution in [0.4, 0.5) is 0 Å². The summed E-state index contributed by atoms with van der Waals surface area (Å²) in [5, 5.41) is 20.0. The maximum absolute atomic E-state index is 11.0. The van der Waals surface area contributed by atoms with Crippen molar-refractivity contribution in [1.29, 1.82) is 0 Å². The van der Waals surface area contributed by atoms with E-state index in [1.165, 1.54) is 19.1 Å². The Bertz CT molecular complexity index is 709. The summed E-state index contributed by atoms with van der Waals surface area (Å²) in [5.41, 5.74) is -0.142. The van der Waals surface area contributed by atoms with Gasteiger partial charge in [-0.15, -0.1) is 0 Å². The predicted molar refractivity (Wildman–Crippen MR) is 60.0 cm³/mol. The molecule has 2 rings (SSSR count). The average molecular weight is 276 g/mol. The fourth-order valence-corrected chi connectivity index (χ4v) is 2.63. The van der Waals surface area contributed by atoms with E-state index in [0.29, 0.717) is 5.39 Å². The molecular formula is C11H9NaO5S. The van der Waals surface area contributed by atoms with Gasteiger partial charge in [-0.2, -0.15) is 0 Å². The first-order valence-corrected chi connectivity index (χ1v) is 6.14. The Hall–Kier alpha value is -0.790. The van der Waals surface area contributed by atoms with Gasteiger partial charge < -0.3 is 14.8 Å². The molecule has 0 aliphatic carbocycles. The third kappa shape index (κ3) is 2.34. The number of benzene rings is 2. The van der Waals surface area contributed by atoms with Crippen LogP contribution < -0.4 is 29.6 Å². The second-order valence-corrected chi connectivity index (χ2v) is 4.97. The molecule has 0 heterocycles. The second kappa shape index (κ2) is 5.07. The van der Waals surface area contributed by atoms with Gasteiger partial charge in [-0.05, 0) is 6.92 Å². The molecule has 18 heavy (non-hydrogen) atoms. The summed E-state index contributed by atoms with van der Waals surface area (Å²) in [6.45, 7) is 1.27. The van der Waals surface area contributed by atoms with Crippen molar-refractivity contribution in [2.24, 2.45) is 0 Å². The Labute approximate surface area is 126 Å². The van der Waals surface area contributed by atoms with Gasteiger partial charge in [0.25, 0.3) is 0 Å². The number of hydrogen-bond acceptors (Lipinski definition) is 5. The molecule has 0 unspecified atom stereocenters. The molecule has 2 N–H and O–H groups in total. The van der Waals surface area contributed by atoms with Crippen molar-refractivity contribution in [3.63, 3.8) is 0 Å². The minimum atomic E-state index is -4.84. The minimum absolute atomic E-state index is 0. The van der Waals surface area contributed by atoms with E-state index >= 15 is 0 Å².